The summed E-state index contributed by atoms with van der Waals surface area (Å²) < 4.78 is 5.78. The molecule has 0 spiro atoms. The first kappa shape index (κ1) is 16.4. The summed E-state index contributed by atoms with van der Waals surface area (Å²) in [5.74, 6) is 0.0569. The molecule has 1 fully saturated rings. The van der Waals surface area contributed by atoms with Gasteiger partial charge < -0.3 is 10.5 Å². The molecule has 0 aromatic rings. The second-order valence-electron chi connectivity index (χ2n) is 7.27. The number of ether oxygens (including phenoxy) is 1. The fraction of sp³-hybridized carbons (Fsp3) is 0.933. The van der Waals surface area contributed by atoms with Crippen LogP contribution < -0.4 is 11.1 Å². The molecule has 1 aliphatic rings. The van der Waals surface area contributed by atoms with Crippen LogP contribution in [0.25, 0.3) is 0 Å². The standard InChI is InChI=1S/C15H30N2O2/c1-11(2)17-15(13(16)18,12-6-7-12)10-19-9-8-14(3,4)5/h11-12,17H,6-10H2,1-5H3,(H2,16,18). The van der Waals surface area contributed by atoms with Crippen LogP contribution in [0, 0.1) is 11.3 Å². The van der Waals surface area contributed by atoms with Gasteiger partial charge in [0.1, 0.15) is 5.54 Å². The Hall–Kier alpha value is -0.610. The zero-order valence-corrected chi connectivity index (χ0v) is 13.1. The Kier molecular flexibility index (Phi) is 5.39. The van der Waals surface area contributed by atoms with Gasteiger partial charge in [-0.15, -0.1) is 0 Å². The van der Waals surface area contributed by atoms with Crippen molar-refractivity contribution in [1.82, 2.24) is 5.32 Å². The summed E-state index contributed by atoms with van der Waals surface area (Å²) in [5, 5.41) is 3.35. The van der Waals surface area contributed by atoms with E-state index in [1.54, 1.807) is 0 Å². The van der Waals surface area contributed by atoms with Crippen LogP contribution in [0.5, 0.6) is 0 Å². The number of primary amides is 1. The minimum Gasteiger partial charge on any atom is -0.379 e. The summed E-state index contributed by atoms with van der Waals surface area (Å²) in [4.78, 5) is 11.9. The maximum Gasteiger partial charge on any atom is 0.240 e. The number of carbonyl (C=O) groups excluding carboxylic acids is 1. The van der Waals surface area contributed by atoms with E-state index < -0.39 is 5.54 Å². The van der Waals surface area contributed by atoms with Crippen LogP contribution in [0.3, 0.4) is 0 Å². The van der Waals surface area contributed by atoms with Crippen molar-refractivity contribution in [2.75, 3.05) is 13.2 Å². The average Bonchev–Trinajstić information content (AvgIpc) is 3.03. The van der Waals surface area contributed by atoms with Crippen LogP contribution in [0.1, 0.15) is 53.9 Å². The third-order valence-electron chi connectivity index (χ3n) is 3.59. The van der Waals surface area contributed by atoms with E-state index in [2.05, 4.69) is 26.1 Å². The Labute approximate surface area is 117 Å². The molecule has 1 amide bonds. The Morgan fingerprint density at radius 3 is 2.32 bits per heavy atom. The average molecular weight is 270 g/mol. The number of nitrogens with two attached hydrogens (primary N) is 1. The molecule has 0 saturated heterocycles. The van der Waals surface area contributed by atoms with Crippen molar-refractivity contribution >= 4 is 5.91 Å². The summed E-state index contributed by atoms with van der Waals surface area (Å²) in [7, 11) is 0. The number of hydrogen-bond donors (Lipinski definition) is 2. The first-order valence-corrected chi connectivity index (χ1v) is 7.33. The quantitative estimate of drug-likeness (QED) is 0.664. The number of nitrogens with one attached hydrogen (secondary N) is 1. The lowest BCUT2D eigenvalue weighted by molar-refractivity contribution is -0.128. The fourth-order valence-electron chi connectivity index (χ4n) is 2.32. The second-order valence-corrected chi connectivity index (χ2v) is 7.27. The van der Waals surface area contributed by atoms with Gasteiger partial charge in [-0.25, -0.2) is 0 Å². The summed E-state index contributed by atoms with van der Waals surface area (Å²) in [6.07, 6.45) is 3.10. The van der Waals surface area contributed by atoms with Gasteiger partial charge in [-0.1, -0.05) is 20.8 Å². The van der Waals surface area contributed by atoms with Crippen molar-refractivity contribution in [2.45, 2.75) is 65.5 Å². The Bertz CT molecular complexity index is 306. The lowest BCUT2D eigenvalue weighted by Crippen LogP contribution is -2.62. The lowest BCUT2D eigenvalue weighted by Gasteiger charge is -2.34. The van der Waals surface area contributed by atoms with Crippen molar-refractivity contribution in [3.8, 4) is 0 Å². The van der Waals surface area contributed by atoms with E-state index in [4.69, 9.17) is 10.5 Å². The molecule has 4 heteroatoms. The molecule has 0 aliphatic heterocycles. The molecule has 112 valence electrons. The van der Waals surface area contributed by atoms with Gasteiger partial charge in [0.25, 0.3) is 0 Å². The first-order chi connectivity index (χ1) is 8.67. The van der Waals surface area contributed by atoms with Crippen LogP contribution in [0.4, 0.5) is 0 Å². The van der Waals surface area contributed by atoms with Crippen LogP contribution in [0.2, 0.25) is 0 Å². The number of hydrogen-bond acceptors (Lipinski definition) is 3. The Morgan fingerprint density at radius 1 is 1.37 bits per heavy atom. The molecule has 1 atom stereocenters. The molecule has 1 saturated carbocycles. The van der Waals surface area contributed by atoms with Crippen LogP contribution >= 0.6 is 0 Å². The van der Waals surface area contributed by atoms with E-state index in [0.717, 1.165) is 19.3 Å². The van der Waals surface area contributed by atoms with Crippen molar-refractivity contribution in [1.29, 1.82) is 0 Å². The van der Waals surface area contributed by atoms with Crippen LogP contribution in [0.15, 0.2) is 0 Å². The number of amides is 1. The molecule has 19 heavy (non-hydrogen) atoms. The predicted molar refractivity (Wildman–Crippen MR) is 77.8 cm³/mol. The van der Waals surface area contributed by atoms with Crippen molar-refractivity contribution in [2.24, 2.45) is 17.1 Å². The molecule has 4 nitrogen and oxygen atoms in total. The highest BCUT2D eigenvalue weighted by Gasteiger charge is 2.50. The molecule has 0 radical (unpaired) electrons. The van der Waals surface area contributed by atoms with Crippen molar-refractivity contribution in [3.05, 3.63) is 0 Å². The molecule has 0 aromatic heterocycles. The van der Waals surface area contributed by atoms with Gasteiger partial charge >= 0.3 is 0 Å². The van der Waals surface area contributed by atoms with Gasteiger partial charge in [-0.3, -0.25) is 10.1 Å². The molecule has 1 rings (SSSR count). The third-order valence-corrected chi connectivity index (χ3v) is 3.59. The maximum atomic E-state index is 11.9. The smallest absolute Gasteiger partial charge is 0.240 e. The largest absolute Gasteiger partial charge is 0.379 e. The lowest BCUT2D eigenvalue weighted by atomic mass is 9.91. The Morgan fingerprint density at radius 2 is 1.95 bits per heavy atom. The van der Waals surface area contributed by atoms with E-state index in [1.807, 2.05) is 13.8 Å². The van der Waals surface area contributed by atoms with E-state index in [0.29, 0.717) is 19.1 Å². The van der Waals surface area contributed by atoms with Gasteiger partial charge in [0.15, 0.2) is 0 Å². The molecule has 0 heterocycles. The minimum atomic E-state index is -0.675. The molecule has 1 aliphatic carbocycles. The third kappa shape index (κ3) is 5.11. The summed E-state index contributed by atoms with van der Waals surface area (Å²) in [5.41, 5.74) is 5.22. The molecule has 3 N–H and O–H groups in total. The summed E-state index contributed by atoms with van der Waals surface area (Å²) >= 11 is 0. The fourth-order valence-corrected chi connectivity index (χ4v) is 2.32. The maximum absolute atomic E-state index is 11.9. The minimum absolute atomic E-state index is 0.222. The molecule has 0 aromatic carbocycles. The SMILES string of the molecule is CC(C)NC(COCCC(C)(C)C)(C(N)=O)C1CC1. The normalized spacial score (nSPS) is 19.5. The topological polar surface area (TPSA) is 64.3 Å². The predicted octanol–water partition coefficient (Wildman–Crippen LogP) is 2.07. The second kappa shape index (κ2) is 6.23. The van der Waals surface area contributed by atoms with Gasteiger partial charge in [0, 0.05) is 12.6 Å². The van der Waals surface area contributed by atoms with Crippen LogP contribution in [-0.2, 0) is 9.53 Å². The molecule has 1 unspecified atom stereocenters. The molecule has 0 bridgehead atoms. The Balaban J connectivity index is 2.56. The van der Waals surface area contributed by atoms with E-state index >= 15 is 0 Å². The highest BCUT2D eigenvalue weighted by Crippen LogP contribution is 2.40. The molecular weight excluding hydrogens is 240 g/mol. The highest BCUT2D eigenvalue weighted by molar-refractivity contribution is 5.85. The summed E-state index contributed by atoms with van der Waals surface area (Å²) in [6, 6.07) is 0.222. The first-order valence-electron chi connectivity index (χ1n) is 7.33. The van der Waals surface area contributed by atoms with Crippen molar-refractivity contribution in [3.63, 3.8) is 0 Å². The van der Waals surface area contributed by atoms with Gasteiger partial charge in [0.05, 0.1) is 6.61 Å². The van der Waals surface area contributed by atoms with E-state index in [-0.39, 0.29) is 17.4 Å². The van der Waals surface area contributed by atoms with Gasteiger partial charge in [-0.2, -0.15) is 0 Å². The summed E-state index contributed by atoms with van der Waals surface area (Å²) in [6.45, 7) is 11.7. The van der Waals surface area contributed by atoms with Crippen LogP contribution in [-0.4, -0.2) is 30.7 Å². The van der Waals surface area contributed by atoms with E-state index in [1.165, 1.54) is 0 Å². The zero-order chi connectivity index (χ0) is 14.7. The molecular formula is C15H30N2O2. The van der Waals surface area contributed by atoms with Gasteiger partial charge in [-0.05, 0) is 44.4 Å². The monoisotopic (exact) mass is 270 g/mol. The van der Waals surface area contributed by atoms with Gasteiger partial charge in [0.2, 0.25) is 5.91 Å². The number of rotatable bonds is 8. The van der Waals surface area contributed by atoms with Crippen molar-refractivity contribution < 1.29 is 9.53 Å². The zero-order valence-electron chi connectivity index (χ0n) is 13.1. The van der Waals surface area contributed by atoms with E-state index in [9.17, 15) is 4.79 Å². The highest BCUT2D eigenvalue weighted by atomic mass is 16.5. The number of carbonyl (C=O) groups is 1.